The first-order chi connectivity index (χ1) is 9.19. The van der Waals surface area contributed by atoms with Gasteiger partial charge >= 0.3 is 5.97 Å². The summed E-state index contributed by atoms with van der Waals surface area (Å²) in [7, 11) is 0. The predicted molar refractivity (Wildman–Crippen MR) is 140 cm³/mol. The number of carboxylic acids is 1. The Kier molecular flexibility index (Phi) is 11.1. The van der Waals surface area contributed by atoms with Crippen molar-refractivity contribution >= 4 is 213 Å². The van der Waals surface area contributed by atoms with Gasteiger partial charge in [-0.2, -0.15) is 0 Å². The summed E-state index contributed by atoms with van der Waals surface area (Å²) in [6.45, 7) is 0. The van der Waals surface area contributed by atoms with Crippen molar-refractivity contribution in [3.8, 4) is 0 Å². The summed E-state index contributed by atoms with van der Waals surface area (Å²) in [5, 5.41) is 9.49. The maximum absolute atomic E-state index is 11.6. The maximum atomic E-state index is 11.6. The SMILES string of the molecule is O=C(O)C(Br)(Br)C(Br)(Br)C(Br)(Br)C(Br)(Br)C(Br)(Br)C(Br)(Br)Br. The number of carbonyl (C=O) groups is 1. The second-order valence-corrected chi connectivity index (χ2v) is 27.7. The van der Waals surface area contributed by atoms with E-state index in [4.69, 9.17) is 0 Å². The largest absolute Gasteiger partial charge is 0.480 e. The van der Waals surface area contributed by atoms with E-state index in [0.717, 1.165) is 0 Å². The molecule has 0 aromatic carbocycles. The van der Waals surface area contributed by atoms with Crippen molar-refractivity contribution in [3.63, 3.8) is 0 Å². The van der Waals surface area contributed by atoms with Crippen LogP contribution in [-0.2, 0) is 4.79 Å². The Morgan fingerprint density at radius 2 is 0.818 bits per heavy atom. The van der Waals surface area contributed by atoms with Gasteiger partial charge in [-0.3, -0.25) is 0 Å². The van der Waals surface area contributed by atoms with Crippen molar-refractivity contribution in [2.45, 2.75) is 18.3 Å². The second-order valence-electron chi connectivity index (χ2n) is 3.67. The Balaban J connectivity index is 6.29. The molecule has 0 saturated heterocycles. The Morgan fingerprint density at radius 3 is 1.05 bits per heavy atom. The minimum atomic E-state index is -1.59. The van der Waals surface area contributed by atoms with E-state index >= 15 is 0 Å². The third-order valence-corrected chi connectivity index (χ3v) is 27.1. The van der Waals surface area contributed by atoms with Gasteiger partial charge in [-0.05, 0) is 0 Å². The van der Waals surface area contributed by atoms with Crippen LogP contribution in [0.4, 0.5) is 0 Å². The lowest BCUT2D eigenvalue weighted by Crippen LogP contribution is -2.64. The summed E-state index contributed by atoms with van der Waals surface area (Å²) in [5.41, 5.74) is 0. The quantitative estimate of drug-likeness (QED) is 0.279. The zero-order valence-corrected chi connectivity index (χ0v) is 29.9. The van der Waals surface area contributed by atoms with Crippen LogP contribution >= 0.6 is 207 Å². The Hall–Kier alpha value is 5.71. The molecule has 0 radical (unpaired) electrons. The molecule has 0 spiro atoms. The van der Waals surface area contributed by atoms with Gasteiger partial charge < -0.3 is 5.11 Å². The molecular formula is C7HBr13O2. The fourth-order valence-corrected chi connectivity index (χ4v) is 11.1. The van der Waals surface area contributed by atoms with E-state index in [2.05, 4.69) is 207 Å². The molecule has 132 valence electrons. The number of hydrogen-bond donors (Lipinski definition) is 1. The van der Waals surface area contributed by atoms with Crippen molar-refractivity contribution in [1.82, 2.24) is 0 Å². The third-order valence-electron chi connectivity index (χ3n) is 2.20. The summed E-state index contributed by atoms with van der Waals surface area (Å²) in [6.07, 6.45) is 0. The van der Waals surface area contributed by atoms with E-state index in [9.17, 15) is 9.90 Å². The van der Waals surface area contributed by atoms with Crippen LogP contribution in [0.25, 0.3) is 0 Å². The van der Waals surface area contributed by atoms with Crippen LogP contribution in [-0.4, -0.2) is 29.4 Å². The average Bonchev–Trinajstić information content (AvgIpc) is 2.25. The monoisotopic (exact) mass is 1140 g/mol. The van der Waals surface area contributed by atoms with Gasteiger partial charge in [-0.15, -0.1) is 0 Å². The van der Waals surface area contributed by atoms with Crippen molar-refractivity contribution in [3.05, 3.63) is 0 Å². The highest BCUT2D eigenvalue weighted by Gasteiger charge is 2.74. The number of halogens is 13. The molecule has 0 atom stereocenters. The van der Waals surface area contributed by atoms with Crippen LogP contribution in [0.15, 0.2) is 0 Å². The number of aliphatic carboxylic acids is 1. The van der Waals surface area contributed by atoms with E-state index in [1.54, 1.807) is 0 Å². The molecule has 0 amide bonds. The molecule has 2 nitrogen and oxygen atoms in total. The average molecular weight is 1160 g/mol. The molecule has 0 aliphatic carbocycles. The molecule has 15 heteroatoms. The lowest BCUT2D eigenvalue weighted by Gasteiger charge is -2.53. The van der Waals surface area contributed by atoms with E-state index < -0.39 is 24.3 Å². The molecule has 0 fully saturated rings. The molecule has 0 bridgehead atoms. The highest BCUT2D eigenvalue weighted by molar-refractivity contribution is 9.42. The first kappa shape index (κ1) is 27.7. The van der Waals surface area contributed by atoms with Crippen LogP contribution in [0.1, 0.15) is 0 Å². The summed E-state index contributed by atoms with van der Waals surface area (Å²) in [5.74, 6) is -1.15. The number of rotatable bonds is 5. The lowest BCUT2D eigenvalue weighted by molar-refractivity contribution is -0.137. The van der Waals surface area contributed by atoms with Crippen LogP contribution < -0.4 is 0 Å². The van der Waals surface area contributed by atoms with Crippen molar-refractivity contribution in [1.29, 1.82) is 0 Å². The standard InChI is InChI=1S/C7HBr13O2/c8-2(9,1(21)22)3(10,11)4(12,13)5(14,15)6(16,17)7(18,19)20/h(H,21,22). The van der Waals surface area contributed by atoms with Crippen LogP contribution in [0.5, 0.6) is 0 Å². The molecule has 0 aliphatic heterocycles. The predicted octanol–water partition coefficient (Wildman–Crippen LogP) is 9.34. The summed E-state index contributed by atoms with van der Waals surface area (Å²) < 4.78 is -6.90. The van der Waals surface area contributed by atoms with Gasteiger partial charge in [0.2, 0.25) is 3.23 Å². The van der Waals surface area contributed by atoms with Crippen molar-refractivity contribution < 1.29 is 9.90 Å². The summed E-state index contributed by atoms with van der Waals surface area (Å²) in [6, 6.07) is 0. The molecule has 22 heavy (non-hydrogen) atoms. The van der Waals surface area contributed by atoms with Crippen LogP contribution in [0.3, 0.4) is 0 Å². The van der Waals surface area contributed by atoms with Gasteiger partial charge in [0, 0.05) is 0 Å². The normalized spacial score (nSPS) is 15.9. The zero-order valence-electron chi connectivity index (χ0n) is 9.27. The van der Waals surface area contributed by atoms with E-state index in [1.165, 1.54) is 0 Å². The van der Waals surface area contributed by atoms with E-state index in [1.807, 2.05) is 0 Å². The molecule has 0 aromatic rings. The van der Waals surface area contributed by atoms with Gasteiger partial charge in [0.15, 0.2) is 2.14 Å². The van der Waals surface area contributed by atoms with Crippen molar-refractivity contribution in [2.24, 2.45) is 0 Å². The fourth-order valence-electron chi connectivity index (χ4n) is 0.904. The molecule has 0 aliphatic rings. The van der Waals surface area contributed by atoms with Crippen LogP contribution in [0.2, 0.25) is 0 Å². The molecule has 0 saturated carbocycles. The first-order valence-corrected chi connectivity index (χ1v) is 14.7. The molecule has 1 N–H and O–H groups in total. The van der Waals surface area contributed by atoms with Crippen molar-refractivity contribution in [2.75, 3.05) is 0 Å². The first-order valence-electron chi connectivity index (χ1n) is 4.38. The fraction of sp³-hybridized carbons (Fsp3) is 0.857. The lowest BCUT2D eigenvalue weighted by atomic mass is 10.1. The van der Waals surface area contributed by atoms with Crippen LogP contribution in [0, 0.1) is 0 Å². The number of hydrogen-bond acceptors (Lipinski definition) is 1. The van der Waals surface area contributed by atoms with Gasteiger partial charge in [-0.1, -0.05) is 207 Å². The second kappa shape index (κ2) is 8.83. The highest BCUT2D eigenvalue weighted by atomic mass is 80.0. The molecule has 0 aromatic heterocycles. The Bertz CT molecular complexity index is 448. The van der Waals surface area contributed by atoms with E-state index in [0.29, 0.717) is 0 Å². The zero-order chi connectivity index (χ0) is 18.6. The Labute approximate surface area is 236 Å². The number of alkyl halides is 13. The Morgan fingerprint density at radius 1 is 0.545 bits per heavy atom. The van der Waals surface area contributed by atoms with Gasteiger partial charge in [-0.25, -0.2) is 4.79 Å². The molecular weight excluding hydrogens is 1150 g/mol. The third kappa shape index (κ3) is 4.88. The maximum Gasteiger partial charge on any atom is 0.333 e. The minimum Gasteiger partial charge on any atom is -0.480 e. The van der Waals surface area contributed by atoms with Gasteiger partial charge in [0.1, 0.15) is 12.9 Å². The summed E-state index contributed by atoms with van der Waals surface area (Å²) >= 11 is 44.9. The van der Waals surface area contributed by atoms with Gasteiger partial charge in [0.25, 0.3) is 0 Å². The smallest absolute Gasteiger partial charge is 0.333 e. The molecule has 0 unspecified atom stereocenters. The highest BCUT2D eigenvalue weighted by Crippen LogP contribution is 2.74. The molecule has 0 heterocycles. The summed E-state index contributed by atoms with van der Waals surface area (Å²) in [4.78, 5) is 11.6. The van der Waals surface area contributed by atoms with E-state index in [-0.39, 0.29) is 0 Å². The minimum absolute atomic E-state index is 0.833. The molecule has 0 rings (SSSR count). The van der Waals surface area contributed by atoms with Gasteiger partial charge in [0.05, 0.1) is 0 Å². The number of carboxylic acid groups (broad SMARTS) is 1. The topological polar surface area (TPSA) is 37.3 Å².